The first-order chi connectivity index (χ1) is 8.11. The Labute approximate surface area is 105 Å². The molecule has 4 saturated carbocycles. The second kappa shape index (κ2) is 4.00. The molecule has 1 atom stereocenters. The van der Waals surface area contributed by atoms with Gasteiger partial charge in [0.05, 0.1) is 11.9 Å². The molecule has 4 fully saturated rings. The summed E-state index contributed by atoms with van der Waals surface area (Å²) in [5, 5.41) is 0. The van der Waals surface area contributed by atoms with E-state index < -0.39 is 0 Å². The van der Waals surface area contributed by atoms with Crippen molar-refractivity contribution in [3.05, 3.63) is 0 Å². The van der Waals surface area contributed by atoms with Gasteiger partial charge in [0.2, 0.25) is 0 Å². The van der Waals surface area contributed by atoms with Crippen molar-refractivity contribution in [1.82, 2.24) is 0 Å². The van der Waals surface area contributed by atoms with Gasteiger partial charge >= 0.3 is 0 Å². The Bertz CT molecular complexity index is 297. The highest BCUT2D eigenvalue weighted by Gasteiger charge is 2.53. The monoisotopic (exact) mass is 234 g/mol. The first kappa shape index (κ1) is 11.6. The Balaban J connectivity index is 1.82. The number of amidine groups is 1. The molecule has 4 rings (SSSR count). The summed E-state index contributed by atoms with van der Waals surface area (Å²) in [5.74, 6) is 3.90. The summed E-state index contributed by atoms with van der Waals surface area (Å²) in [6.45, 7) is 4.42. The first-order valence-electron chi connectivity index (χ1n) is 7.43. The van der Waals surface area contributed by atoms with E-state index in [1.165, 1.54) is 38.5 Å². The van der Waals surface area contributed by atoms with Gasteiger partial charge in [-0.1, -0.05) is 6.92 Å². The zero-order chi connectivity index (χ0) is 12.0. The zero-order valence-electron chi connectivity index (χ0n) is 11.3. The molecule has 17 heavy (non-hydrogen) atoms. The van der Waals surface area contributed by atoms with E-state index in [0.717, 1.165) is 30.0 Å². The van der Waals surface area contributed by atoms with Gasteiger partial charge in [0.15, 0.2) is 0 Å². The van der Waals surface area contributed by atoms with Crippen molar-refractivity contribution >= 4 is 5.84 Å². The van der Waals surface area contributed by atoms with Crippen molar-refractivity contribution in [2.45, 2.75) is 64.8 Å². The first-order valence-corrected chi connectivity index (χ1v) is 7.43. The molecule has 4 aliphatic carbocycles. The van der Waals surface area contributed by atoms with E-state index in [9.17, 15) is 0 Å². The van der Waals surface area contributed by atoms with Crippen LogP contribution in [0.5, 0.6) is 0 Å². The lowest BCUT2D eigenvalue weighted by Crippen LogP contribution is -2.50. The fourth-order valence-corrected chi connectivity index (χ4v) is 5.17. The van der Waals surface area contributed by atoms with E-state index >= 15 is 0 Å². The van der Waals surface area contributed by atoms with Gasteiger partial charge in [0.25, 0.3) is 0 Å². The van der Waals surface area contributed by atoms with Crippen LogP contribution in [-0.4, -0.2) is 11.9 Å². The van der Waals surface area contributed by atoms with Crippen LogP contribution >= 0.6 is 0 Å². The third-order valence-electron chi connectivity index (χ3n) is 5.69. The molecule has 0 saturated heterocycles. The average Bonchev–Trinajstić information content (AvgIpc) is 2.26. The van der Waals surface area contributed by atoms with Crippen molar-refractivity contribution in [2.75, 3.05) is 0 Å². The van der Waals surface area contributed by atoms with Crippen LogP contribution in [0.2, 0.25) is 0 Å². The lowest BCUT2D eigenvalue weighted by atomic mass is 9.48. The fraction of sp³-hybridized carbons (Fsp3) is 0.933. The van der Waals surface area contributed by atoms with Gasteiger partial charge in [-0.3, -0.25) is 4.99 Å². The number of aliphatic imine (C=N–C) groups is 1. The lowest BCUT2D eigenvalue weighted by Gasteiger charge is -2.58. The maximum absolute atomic E-state index is 5.94. The smallest absolute Gasteiger partial charge is 0.0937 e. The Morgan fingerprint density at radius 2 is 1.65 bits per heavy atom. The highest BCUT2D eigenvalue weighted by atomic mass is 14.9. The van der Waals surface area contributed by atoms with Crippen LogP contribution in [0.3, 0.4) is 0 Å². The molecule has 0 aromatic heterocycles. The SMILES string of the molecule is CCC(N)=NC(C)C12CC3CC(CC(C3)C1)C2. The Morgan fingerprint density at radius 3 is 2.06 bits per heavy atom. The van der Waals surface area contributed by atoms with Gasteiger partial charge in [0, 0.05) is 6.42 Å². The topological polar surface area (TPSA) is 38.4 Å². The van der Waals surface area contributed by atoms with E-state index in [1.54, 1.807) is 0 Å². The molecule has 0 radical (unpaired) electrons. The third kappa shape index (κ3) is 1.90. The molecule has 0 spiro atoms. The molecule has 0 aromatic rings. The molecule has 0 heterocycles. The minimum atomic E-state index is 0.454. The predicted octanol–water partition coefficient (Wildman–Crippen LogP) is 3.36. The van der Waals surface area contributed by atoms with Gasteiger partial charge in [0.1, 0.15) is 0 Å². The largest absolute Gasteiger partial charge is 0.387 e. The maximum atomic E-state index is 5.94. The van der Waals surface area contributed by atoms with Gasteiger partial charge < -0.3 is 5.73 Å². The van der Waals surface area contributed by atoms with Crippen molar-refractivity contribution in [3.8, 4) is 0 Å². The van der Waals surface area contributed by atoms with E-state index in [4.69, 9.17) is 10.7 Å². The summed E-state index contributed by atoms with van der Waals surface area (Å²) in [6, 6.07) is 0.454. The number of hydrogen-bond donors (Lipinski definition) is 1. The van der Waals surface area contributed by atoms with E-state index in [2.05, 4.69) is 13.8 Å². The summed E-state index contributed by atoms with van der Waals surface area (Å²) in [5.41, 5.74) is 6.47. The summed E-state index contributed by atoms with van der Waals surface area (Å²) in [4.78, 5) is 4.78. The number of nitrogens with two attached hydrogens (primary N) is 1. The molecule has 1 unspecified atom stereocenters. The quantitative estimate of drug-likeness (QED) is 0.590. The van der Waals surface area contributed by atoms with Crippen LogP contribution in [-0.2, 0) is 0 Å². The van der Waals surface area contributed by atoms with E-state index in [-0.39, 0.29) is 0 Å². The second-order valence-corrected chi connectivity index (χ2v) is 6.93. The molecule has 2 heteroatoms. The molecule has 2 nitrogen and oxygen atoms in total. The van der Waals surface area contributed by atoms with Crippen molar-refractivity contribution < 1.29 is 0 Å². The van der Waals surface area contributed by atoms with Crippen LogP contribution in [0.1, 0.15) is 58.8 Å². The normalized spacial score (nSPS) is 46.2. The standard InChI is InChI=1S/C15H26N2/c1-3-14(16)17-10(2)15-7-11-4-12(8-15)6-13(5-11)9-15/h10-13H,3-9H2,1-2H3,(H2,16,17). The van der Waals surface area contributed by atoms with Gasteiger partial charge in [-0.2, -0.15) is 0 Å². The third-order valence-corrected chi connectivity index (χ3v) is 5.69. The lowest BCUT2D eigenvalue weighted by molar-refractivity contribution is -0.0633. The zero-order valence-corrected chi connectivity index (χ0v) is 11.3. The minimum Gasteiger partial charge on any atom is -0.387 e. The maximum Gasteiger partial charge on any atom is 0.0937 e. The predicted molar refractivity (Wildman–Crippen MR) is 72.0 cm³/mol. The fourth-order valence-electron chi connectivity index (χ4n) is 5.17. The Morgan fingerprint density at radius 1 is 1.18 bits per heavy atom. The highest BCUT2D eigenvalue weighted by Crippen LogP contribution is 2.61. The molecule has 0 aromatic carbocycles. The summed E-state index contributed by atoms with van der Waals surface area (Å²) in [7, 11) is 0. The summed E-state index contributed by atoms with van der Waals surface area (Å²) in [6.07, 6.45) is 9.73. The van der Waals surface area contributed by atoms with Crippen LogP contribution in [0.15, 0.2) is 4.99 Å². The van der Waals surface area contributed by atoms with Gasteiger partial charge in [-0.05, 0) is 68.6 Å². The Kier molecular flexibility index (Phi) is 2.72. The molecule has 0 amide bonds. The van der Waals surface area contributed by atoms with Crippen LogP contribution < -0.4 is 5.73 Å². The highest BCUT2D eigenvalue weighted by molar-refractivity contribution is 5.80. The Hall–Kier alpha value is -0.530. The molecule has 0 aliphatic heterocycles. The summed E-state index contributed by atoms with van der Waals surface area (Å²) >= 11 is 0. The second-order valence-electron chi connectivity index (χ2n) is 6.93. The number of hydrogen-bond acceptors (Lipinski definition) is 1. The molecule has 96 valence electrons. The van der Waals surface area contributed by atoms with Crippen LogP contribution in [0, 0.1) is 23.2 Å². The van der Waals surface area contributed by atoms with Crippen LogP contribution in [0.4, 0.5) is 0 Å². The molecule has 4 aliphatic rings. The minimum absolute atomic E-state index is 0.454. The molecular formula is C15H26N2. The van der Waals surface area contributed by atoms with Gasteiger partial charge in [-0.15, -0.1) is 0 Å². The summed E-state index contributed by atoms with van der Waals surface area (Å²) < 4.78 is 0. The van der Waals surface area contributed by atoms with Gasteiger partial charge in [-0.25, -0.2) is 0 Å². The molecule has 2 N–H and O–H groups in total. The molecular weight excluding hydrogens is 208 g/mol. The van der Waals surface area contributed by atoms with E-state index in [0.29, 0.717) is 11.5 Å². The number of rotatable bonds is 3. The van der Waals surface area contributed by atoms with E-state index in [1.807, 2.05) is 0 Å². The van der Waals surface area contributed by atoms with Crippen molar-refractivity contribution in [1.29, 1.82) is 0 Å². The number of nitrogens with zero attached hydrogens (tertiary/aromatic N) is 1. The van der Waals surface area contributed by atoms with Crippen LogP contribution in [0.25, 0.3) is 0 Å². The van der Waals surface area contributed by atoms with Crippen molar-refractivity contribution in [3.63, 3.8) is 0 Å². The van der Waals surface area contributed by atoms with Crippen molar-refractivity contribution in [2.24, 2.45) is 33.9 Å². The average molecular weight is 234 g/mol. The molecule has 4 bridgehead atoms.